The Hall–Kier alpha value is -5.18. The summed E-state index contributed by atoms with van der Waals surface area (Å²) in [7, 11) is 1.37. The molecule has 4 fully saturated rings. The molecule has 13 heteroatoms. The zero-order valence-corrected chi connectivity index (χ0v) is 36.8. The SMILES string of the molecule is C=C[C@H]1O[C@H]2CC3OC[C@@]3(OC(C)=O)[C@H]3[C@H](OC(=O)c4ccccc4)[C@]4(O)CC(OC(=O)[C@H](OC)[C@@H](NC(=O)c5ccccc5)c5ccccc5)C(C)=C([C@H](C)[C@H](O1)[C@]23C)C4(C)C. The number of aliphatic hydroxyl groups is 1. The highest BCUT2D eigenvalue weighted by Crippen LogP contribution is 2.68. The van der Waals surface area contributed by atoms with Gasteiger partial charge in [0.15, 0.2) is 18.0 Å². The molecule has 0 spiro atoms. The smallest absolute Gasteiger partial charge is 0.338 e. The van der Waals surface area contributed by atoms with Gasteiger partial charge in [-0.15, -0.1) is 0 Å². The van der Waals surface area contributed by atoms with Crippen molar-refractivity contribution in [1.82, 2.24) is 5.32 Å². The zero-order valence-electron chi connectivity index (χ0n) is 36.8. The van der Waals surface area contributed by atoms with E-state index < -0.39 is 107 Å². The van der Waals surface area contributed by atoms with Crippen LogP contribution in [0.5, 0.6) is 0 Å². The van der Waals surface area contributed by atoms with Crippen molar-refractivity contribution in [2.24, 2.45) is 22.7 Å². The molecule has 63 heavy (non-hydrogen) atoms. The minimum atomic E-state index is -2.00. The van der Waals surface area contributed by atoms with Crippen LogP contribution < -0.4 is 5.32 Å². The maximum Gasteiger partial charge on any atom is 0.338 e. The molecule has 2 saturated carbocycles. The molecule has 8 rings (SSSR count). The molecule has 0 aromatic heterocycles. The van der Waals surface area contributed by atoms with Crippen LogP contribution in [0.1, 0.15) is 86.7 Å². The third-order valence-corrected chi connectivity index (χ3v) is 14.7. The highest BCUT2D eigenvalue weighted by molar-refractivity contribution is 5.95. The number of rotatable bonds is 11. The molecule has 13 nitrogen and oxygen atoms in total. The Labute approximate surface area is 368 Å². The number of amides is 1. The van der Waals surface area contributed by atoms with E-state index in [-0.39, 0.29) is 18.6 Å². The summed E-state index contributed by atoms with van der Waals surface area (Å²) in [5.41, 5.74) is -2.99. The lowest BCUT2D eigenvalue weighted by Gasteiger charge is -2.71. The molecule has 2 aliphatic heterocycles. The second kappa shape index (κ2) is 16.7. The van der Waals surface area contributed by atoms with E-state index in [1.165, 1.54) is 14.0 Å². The number of ether oxygens (including phenoxy) is 7. The van der Waals surface area contributed by atoms with Crippen LogP contribution in [0, 0.1) is 22.7 Å². The Morgan fingerprint density at radius 1 is 0.889 bits per heavy atom. The summed E-state index contributed by atoms with van der Waals surface area (Å²) < 4.78 is 45.2. The van der Waals surface area contributed by atoms with Gasteiger partial charge in [-0.05, 0) is 48.4 Å². The molecule has 3 aliphatic carbocycles. The Balaban J connectivity index is 1.27. The Kier molecular flexibility index (Phi) is 11.8. The molecule has 13 atom stereocenters. The monoisotopic (exact) mass is 863 g/mol. The van der Waals surface area contributed by atoms with Crippen LogP contribution in [0.3, 0.4) is 0 Å². The van der Waals surface area contributed by atoms with E-state index >= 15 is 0 Å². The van der Waals surface area contributed by atoms with Gasteiger partial charge in [-0.3, -0.25) is 9.59 Å². The van der Waals surface area contributed by atoms with Crippen LogP contribution in [-0.4, -0.2) is 96.8 Å². The first kappa shape index (κ1) is 44.4. The first-order valence-electron chi connectivity index (χ1n) is 21.6. The normalized spacial score (nSPS) is 34.8. The number of fused-ring (bicyclic) bond motifs is 4. The van der Waals surface area contributed by atoms with Gasteiger partial charge in [0.25, 0.3) is 5.91 Å². The predicted octanol–water partition coefficient (Wildman–Crippen LogP) is 6.46. The van der Waals surface area contributed by atoms with Crippen LogP contribution >= 0.6 is 0 Å². The summed E-state index contributed by atoms with van der Waals surface area (Å²) in [6.45, 7) is 15.0. The molecule has 334 valence electrons. The van der Waals surface area contributed by atoms with Gasteiger partial charge in [0, 0.05) is 49.2 Å². The van der Waals surface area contributed by atoms with E-state index in [0.717, 1.165) is 5.57 Å². The van der Waals surface area contributed by atoms with Crippen molar-refractivity contribution in [3.63, 3.8) is 0 Å². The van der Waals surface area contributed by atoms with E-state index in [0.29, 0.717) is 23.1 Å². The molecule has 3 aromatic rings. The first-order valence-corrected chi connectivity index (χ1v) is 21.6. The lowest BCUT2D eigenvalue weighted by atomic mass is 9.43. The molecule has 2 saturated heterocycles. The Bertz CT molecular complexity index is 2270. The number of esters is 3. The molecule has 5 aliphatic rings. The van der Waals surface area contributed by atoms with Gasteiger partial charge >= 0.3 is 17.9 Å². The van der Waals surface area contributed by atoms with E-state index in [9.17, 15) is 24.3 Å². The fourth-order valence-electron chi connectivity index (χ4n) is 11.8. The lowest BCUT2D eigenvalue weighted by Crippen LogP contribution is -2.83. The van der Waals surface area contributed by atoms with E-state index in [1.54, 1.807) is 91.0 Å². The molecule has 0 radical (unpaired) electrons. The largest absolute Gasteiger partial charge is 0.456 e. The second-order valence-electron chi connectivity index (χ2n) is 18.4. The fourth-order valence-corrected chi connectivity index (χ4v) is 11.8. The van der Waals surface area contributed by atoms with Crippen molar-refractivity contribution >= 4 is 23.8 Å². The Morgan fingerprint density at radius 2 is 1.51 bits per heavy atom. The quantitative estimate of drug-likeness (QED) is 0.123. The van der Waals surface area contributed by atoms with Gasteiger partial charge in [-0.1, -0.05) is 107 Å². The van der Waals surface area contributed by atoms with Crippen molar-refractivity contribution < 1.29 is 57.4 Å². The average Bonchev–Trinajstić information content (AvgIpc) is 3.26. The summed E-state index contributed by atoms with van der Waals surface area (Å²) in [5, 5.41) is 16.9. The van der Waals surface area contributed by atoms with E-state index in [1.807, 2.05) is 40.7 Å². The van der Waals surface area contributed by atoms with Crippen LogP contribution in [0.4, 0.5) is 0 Å². The number of methoxy groups -OCH3 is 1. The third-order valence-electron chi connectivity index (χ3n) is 14.7. The van der Waals surface area contributed by atoms with Crippen molar-refractivity contribution in [2.75, 3.05) is 13.7 Å². The van der Waals surface area contributed by atoms with Crippen LogP contribution in [-0.2, 0) is 42.7 Å². The molecule has 2 bridgehead atoms. The molecule has 1 amide bonds. The number of carbonyl (C=O) groups is 4. The van der Waals surface area contributed by atoms with Crippen LogP contribution in [0.25, 0.3) is 0 Å². The highest BCUT2D eigenvalue weighted by Gasteiger charge is 2.79. The van der Waals surface area contributed by atoms with Gasteiger partial charge in [0.1, 0.15) is 23.9 Å². The minimum Gasteiger partial charge on any atom is -0.456 e. The minimum absolute atomic E-state index is 0.0304. The van der Waals surface area contributed by atoms with Crippen molar-refractivity contribution in [3.8, 4) is 0 Å². The van der Waals surface area contributed by atoms with Gasteiger partial charge in [-0.2, -0.15) is 0 Å². The van der Waals surface area contributed by atoms with Crippen molar-refractivity contribution in [2.45, 2.75) is 115 Å². The molecule has 2 N–H and O–H groups in total. The van der Waals surface area contributed by atoms with Gasteiger partial charge in [0.05, 0.1) is 36.3 Å². The fraction of sp³-hybridized carbons (Fsp3) is 0.480. The number of carbonyl (C=O) groups excluding carboxylic acids is 4. The van der Waals surface area contributed by atoms with E-state index in [4.69, 9.17) is 33.2 Å². The molecule has 2 unspecified atom stereocenters. The van der Waals surface area contributed by atoms with Crippen molar-refractivity contribution in [3.05, 3.63) is 131 Å². The predicted molar refractivity (Wildman–Crippen MR) is 229 cm³/mol. The van der Waals surface area contributed by atoms with E-state index in [2.05, 4.69) is 11.9 Å². The Morgan fingerprint density at radius 3 is 2.08 bits per heavy atom. The van der Waals surface area contributed by atoms with Gasteiger partial charge in [-0.25, -0.2) is 9.59 Å². The van der Waals surface area contributed by atoms with Crippen LogP contribution in [0.2, 0.25) is 0 Å². The topological polar surface area (TPSA) is 165 Å². The summed E-state index contributed by atoms with van der Waals surface area (Å²) in [4.78, 5) is 56.1. The zero-order chi connectivity index (χ0) is 45.1. The van der Waals surface area contributed by atoms with Crippen LogP contribution in [0.15, 0.2) is 115 Å². The highest BCUT2D eigenvalue weighted by atomic mass is 16.7. The molecular formula is C50H57NO12. The number of nitrogens with one attached hydrogen (secondary N) is 1. The van der Waals surface area contributed by atoms with Gasteiger partial charge in [0.2, 0.25) is 0 Å². The summed E-state index contributed by atoms with van der Waals surface area (Å²) in [6.07, 6.45) is -4.96. The molecular weight excluding hydrogens is 807 g/mol. The lowest BCUT2D eigenvalue weighted by molar-refractivity contribution is -0.403. The maximum absolute atomic E-state index is 14.8. The standard InChI is InChI=1S/C50H57NO12/c1-9-37-60-35-25-36-49(27-58-36,63-30(4)52)41-43(62-45(54)33-23-17-12-18-24-33)50(56)26-34(28(2)38(47(50,5)6)29(3)42(61-37)48(35,41)7)59-46(55)40(57-8)39(31-19-13-10-14-20-31)51-44(53)32-21-15-11-16-22-32/h9-24,29,34-37,39-43,56H,1,25-27H2,2-8H3,(H,51,53)/t29-,34?,35-,36?,37-,39-,40+,41-,42-,43-,48+,49-,50+/m0/s1. The third kappa shape index (κ3) is 7.22. The van der Waals surface area contributed by atoms with Gasteiger partial charge < -0.3 is 43.6 Å². The van der Waals surface area contributed by atoms with Crippen molar-refractivity contribution in [1.29, 1.82) is 0 Å². The second-order valence-corrected chi connectivity index (χ2v) is 18.4. The molecule has 3 aromatic carbocycles. The first-order chi connectivity index (χ1) is 30.0. The average molecular weight is 864 g/mol. The number of hydrogen-bond donors (Lipinski definition) is 2. The summed E-state index contributed by atoms with van der Waals surface area (Å²) >= 11 is 0. The molecule has 2 heterocycles. The summed E-state index contributed by atoms with van der Waals surface area (Å²) in [5.74, 6) is -3.95. The number of hydrogen-bond acceptors (Lipinski definition) is 12. The number of benzene rings is 3. The summed E-state index contributed by atoms with van der Waals surface area (Å²) in [6, 6.07) is 25.1. The maximum atomic E-state index is 14.8.